The van der Waals surface area contributed by atoms with Crippen molar-refractivity contribution >= 4 is 5.96 Å². The molecule has 1 aromatic rings. The summed E-state index contributed by atoms with van der Waals surface area (Å²) in [5, 5.41) is 3.01. The standard InChI is InChI=1S/C13H21N3O/c1-2-8-15-13(14)16-9-10-17-11-12-6-4-3-5-7-12/h3-7H,2,8-11H2,1H3,(H3,14,15,16). The van der Waals surface area contributed by atoms with Crippen molar-refractivity contribution in [2.24, 2.45) is 10.7 Å². The summed E-state index contributed by atoms with van der Waals surface area (Å²) in [4.78, 5) is 4.13. The van der Waals surface area contributed by atoms with Crippen LogP contribution in [0.1, 0.15) is 18.9 Å². The molecule has 0 aliphatic heterocycles. The number of hydrogen-bond donors (Lipinski definition) is 2. The molecule has 0 fully saturated rings. The summed E-state index contributed by atoms with van der Waals surface area (Å²) >= 11 is 0. The van der Waals surface area contributed by atoms with Gasteiger partial charge in [-0.05, 0) is 12.0 Å². The van der Waals surface area contributed by atoms with Crippen molar-refractivity contribution in [3.8, 4) is 0 Å². The summed E-state index contributed by atoms with van der Waals surface area (Å²) in [6.07, 6.45) is 1.01. The second-order valence-electron chi connectivity index (χ2n) is 3.73. The smallest absolute Gasteiger partial charge is 0.188 e. The van der Waals surface area contributed by atoms with Gasteiger partial charge in [0.15, 0.2) is 5.96 Å². The highest BCUT2D eigenvalue weighted by Crippen LogP contribution is 1.99. The molecule has 0 bridgehead atoms. The molecule has 0 saturated heterocycles. The summed E-state index contributed by atoms with van der Waals surface area (Å²) in [6, 6.07) is 10.1. The molecule has 1 rings (SSSR count). The van der Waals surface area contributed by atoms with Crippen molar-refractivity contribution < 1.29 is 4.74 Å². The molecule has 0 heterocycles. The molecule has 0 spiro atoms. The maximum absolute atomic E-state index is 5.64. The van der Waals surface area contributed by atoms with Crippen molar-refractivity contribution in [1.82, 2.24) is 5.32 Å². The number of guanidine groups is 1. The van der Waals surface area contributed by atoms with Crippen LogP contribution in [0.15, 0.2) is 35.3 Å². The van der Waals surface area contributed by atoms with Gasteiger partial charge in [-0.15, -0.1) is 0 Å². The van der Waals surface area contributed by atoms with Gasteiger partial charge in [-0.3, -0.25) is 4.99 Å². The Morgan fingerprint density at radius 2 is 2.12 bits per heavy atom. The van der Waals surface area contributed by atoms with Crippen molar-refractivity contribution in [3.05, 3.63) is 35.9 Å². The summed E-state index contributed by atoms with van der Waals surface area (Å²) < 4.78 is 5.50. The van der Waals surface area contributed by atoms with Crippen LogP contribution in [0.3, 0.4) is 0 Å². The molecule has 4 heteroatoms. The predicted octanol–water partition coefficient (Wildman–Crippen LogP) is 1.52. The highest BCUT2D eigenvalue weighted by molar-refractivity contribution is 5.77. The zero-order chi connectivity index (χ0) is 12.3. The Bertz CT molecular complexity index is 325. The zero-order valence-corrected chi connectivity index (χ0v) is 10.4. The first-order chi connectivity index (χ1) is 8.33. The van der Waals surface area contributed by atoms with E-state index in [1.165, 1.54) is 5.56 Å². The van der Waals surface area contributed by atoms with Gasteiger partial charge in [-0.1, -0.05) is 37.3 Å². The molecule has 0 radical (unpaired) electrons. The fourth-order valence-corrected chi connectivity index (χ4v) is 1.30. The Morgan fingerprint density at radius 3 is 2.82 bits per heavy atom. The van der Waals surface area contributed by atoms with E-state index >= 15 is 0 Å². The highest BCUT2D eigenvalue weighted by atomic mass is 16.5. The lowest BCUT2D eigenvalue weighted by atomic mass is 10.2. The SMILES string of the molecule is CCCN=C(N)NCCOCc1ccccc1. The highest BCUT2D eigenvalue weighted by Gasteiger charge is 1.93. The van der Waals surface area contributed by atoms with E-state index in [1.54, 1.807) is 0 Å². The molecule has 3 N–H and O–H groups in total. The van der Waals surface area contributed by atoms with Gasteiger partial charge in [-0.25, -0.2) is 0 Å². The number of nitrogens with zero attached hydrogens (tertiary/aromatic N) is 1. The van der Waals surface area contributed by atoms with Crippen LogP contribution in [-0.4, -0.2) is 25.7 Å². The number of nitrogens with one attached hydrogen (secondary N) is 1. The van der Waals surface area contributed by atoms with E-state index in [-0.39, 0.29) is 0 Å². The largest absolute Gasteiger partial charge is 0.375 e. The van der Waals surface area contributed by atoms with Crippen LogP contribution >= 0.6 is 0 Å². The minimum atomic E-state index is 0.496. The first kappa shape index (κ1) is 13.5. The lowest BCUT2D eigenvalue weighted by Gasteiger charge is -2.06. The molecule has 0 amide bonds. The Hall–Kier alpha value is -1.55. The lowest BCUT2D eigenvalue weighted by Crippen LogP contribution is -2.34. The Morgan fingerprint density at radius 1 is 1.35 bits per heavy atom. The van der Waals surface area contributed by atoms with E-state index in [1.807, 2.05) is 30.3 Å². The van der Waals surface area contributed by atoms with Crippen molar-refractivity contribution in [1.29, 1.82) is 0 Å². The minimum absolute atomic E-state index is 0.496. The van der Waals surface area contributed by atoms with Gasteiger partial charge < -0.3 is 15.8 Å². The fraction of sp³-hybridized carbons (Fsp3) is 0.462. The average molecular weight is 235 g/mol. The van der Waals surface area contributed by atoms with E-state index in [9.17, 15) is 0 Å². The maximum Gasteiger partial charge on any atom is 0.188 e. The van der Waals surface area contributed by atoms with Crippen molar-refractivity contribution in [2.45, 2.75) is 20.0 Å². The second-order valence-corrected chi connectivity index (χ2v) is 3.73. The molecule has 0 aliphatic rings. The normalized spacial score (nSPS) is 11.5. The monoisotopic (exact) mass is 235 g/mol. The van der Waals surface area contributed by atoms with E-state index < -0.39 is 0 Å². The Kier molecular flexibility index (Phi) is 6.82. The van der Waals surface area contributed by atoms with Crippen molar-refractivity contribution in [3.63, 3.8) is 0 Å². The van der Waals surface area contributed by atoms with Gasteiger partial charge in [-0.2, -0.15) is 0 Å². The quantitative estimate of drug-likeness (QED) is 0.428. The van der Waals surface area contributed by atoms with Crippen LogP contribution in [0.4, 0.5) is 0 Å². The van der Waals surface area contributed by atoms with Crippen LogP contribution in [0.2, 0.25) is 0 Å². The molecular weight excluding hydrogens is 214 g/mol. The van der Waals surface area contributed by atoms with Gasteiger partial charge in [0.1, 0.15) is 0 Å². The van der Waals surface area contributed by atoms with E-state index in [2.05, 4.69) is 17.2 Å². The lowest BCUT2D eigenvalue weighted by molar-refractivity contribution is 0.125. The minimum Gasteiger partial charge on any atom is -0.375 e. The third-order valence-electron chi connectivity index (χ3n) is 2.17. The van der Waals surface area contributed by atoms with Crippen LogP contribution < -0.4 is 11.1 Å². The molecule has 0 unspecified atom stereocenters. The molecular formula is C13H21N3O. The van der Waals surface area contributed by atoms with Gasteiger partial charge in [0.05, 0.1) is 13.2 Å². The van der Waals surface area contributed by atoms with Crippen LogP contribution in [0, 0.1) is 0 Å². The Balaban J connectivity index is 2.05. The predicted molar refractivity (Wildman–Crippen MR) is 70.9 cm³/mol. The molecule has 0 saturated carbocycles. The molecule has 0 aliphatic carbocycles. The van der Waals surface area contributed by atoms with Crippen LogP contribution in [0.5, 0.6) is 0 Å². The Labute approximate surface area is 103 Å². The number of benzene rings is 1. The third kappa shape index (κ3) is 6.58. The summed E-state index contributed by atoms with van der Waals surface area (Å²) in [5.41, 5.74) is 6.82. The average Bonchev–Trinajstić information content (AvgIpc) is 2.37. The first-order valence-corrected chi connectivity index (χ1v) is 5.98. The maximum atomic E-state index is 5.64. The van der Waals surface area contributed by atoms with Gasteiger partial charge in [0.2, 0.25) is 0 Å². The molecule has 94 valence electrons. The zero-order valence-electron chi connectivity index (χ0n) is 10.4. The third-order valence-corrected chi connectivity index (χ3v) is 2.17. The van der Waals surface area contributed by atoms with Gasteiger partial charge >= 0.3 is 0 Å². The number of rotatable bonds is 7. The van der Waals surface area contributed by atoms with E-state index in [0.29, 0.717) is 25.7 Å². The number of hydrogen-bond acceptors (Lipinski definition) is 2. The molecule has 0 atom stereocenters. The topological polar surface area (TPSA) is 59.6 Å². The van der Waals surface area contributed by atoms with Crippen molar-refractivity contribution in [2.75, 3.05) is 19.7 Å². The van der Waals surface area contributed by atoms with E-state index in [0.717, 1.165) is 13.0 Å². The van der Waals surface area contributed by atoms with Crippen LogP contribution in [-0.2, 0) is 11.3 Å². The summed E-state index contributed by atoms with van der Waals surface area (Å²) in [5.74, 6) is 0.496. The molecule has 4 nitrogen and oxygen atoms in total. The number of ether oxygens (including phenoxy) is 1. The number of nitrogens with two attached hydrogens (primary N) is 1. The fourth-order valence-electron chi connectivity index (χ4n) is 1.30. The molecule has 17 heavy (non-hydrogen) atoms. The van der Waals surface area contributed by atoms with Crippen LogP contribution in [0.25, 0.3) is 0 Å². The molecule has 1 aromatic carbocycles. The molecule has 0 aromatic heterocycles. The van der Waals surface area contributed by atoms with E-state index in [4.69, 9.17) is 10.5 Å². The first-order valence-electron chi connectivity index (χ1n) is 5.98. The van der Waals surface area contributed by atoms with Gasteiger partial charge in [0.25, 0.3) is 0 Å². The second kappa shape index (κ2) is 8.58. The summed E-state index contributed by atoms with van der Waals surface area (Å²) in [6.45, 7) is 4.78. The summed E-state index contributed by atoms with van der Waals surface area (Å²) in [7, 11) is 0. The van der Waals surface area contributed by atoms with Gasteiger partial charge in [0, 0.05) is 13.1 Å². The number of aliphatic imine (C=N–C) groups is 1.